The van der Waals surface area contributed by atoms with Gasteiger partial charge >= 0.3 is 11.9 Å². The summed E-state index contributed by atoms with van der Waals surface area (Å²) >= 11 is 0. The average molecular weight is 226 g/mol. The lowest BCUT2D eigenvalue weighted by atomic mass is 10.1. The van der Waals surface area contributed by atoms with Gasteiger partial charge in [-0.05, 0) is 26.3 Å². The summed E-state index contributed by atoms with van der Waals surface area (Å²) in [6.45, 7) is 8.37. The molecule has 1 fully saturated rings. The summed E-state index contributed by atoms with van der Waals surface area (Å²) in [6, 6.07) is 0. The highest BCUT2D eigenvalue weighted by molar-refractivity contribution is 5.68. The van der Waals surface area contributed by atoms with Crippen LogP contribution in [0.2, 0.25) is 0 Å². The van der Waals surface area contributed by atoms with Gasteiger partial charge in [0.25, 0.3) is 0 Å². The Hall–Kier alpha value is -1.32. The van der Waals surface area contributed by atoms with Gasteiger partial charge in [-0.3, -0.25) is 9.59 Å². The van der Waals surface area contributed by atoms with Crippen LogP contribution in [0.4, 0.5) is 0 Å². The molecule has 1 aliphatic carbocycles. The van der Waals surface area contributed by atoms with E-state index < -0.39 is 5.60 Å². The van der Waals surface area contributed by atoms with Crippen molar-refractivity contribution in [2.75, 3.05) is 0 Å². The number of allylic oxidation sites excluding steroid dienone is 1. The highest BCUT2D eigenvalue weighted by atomic mass is 16.6. The second kappa shape index (κ2) is 4.28. The second-order valence-corrected chi connectivity index (χ2v) is 4.62. The Kier molecular flexibility index (Phi) is 3.41. The SMILES string of the molecule is CC(=O)OC(=C(C)C)[C@@H]1C[C@]1(C)OC(C)=O. The quantitative estimate of drug-likeness (QED) is 0.546. The number of ether oxygens (including phenoxy) is 2. The van der Waals surface area contributed by atoms with E-state index in [9.17, 15) is 9.59 Å². The summed E-state index contributed by atoms with van der Waals surface area (Å²) in [4.78, 5) is 21.9. The largest absolute Gasteiger partial charge is 0.459 e. The van der Waals surface area contributed by atoms with Gasteiger partial charge in [0.2, 0.25) is 0 Å². The van der Waals surface area contributed by atoms with Gasteiger partial charge in [-0.1, -0.05) is 0 Å². The predicted octanol–water partition coefficient (Wildman–Crippen LogP) is 2.19. The van der Waals surface area contributed by atoms with Crippen molar-refractivity contribution < 1.29 is 19.1 Å². The fraction of sp³-hybridized carbons (Fsp3) is 0.667. The summed E-state index contributed by atoms with van der Waals surface area (Å²) < 4.78 is 10.4. The van der Waals surface area contributed by atoms with Crippen molar-refractivity contribution in [3.05, 3.63) is 11.3 Å². The van der Waals surface area contributed by atoms with E-state index in [1.54, 1.807) is 0 Å². The van der Waals surface area contributed by atoms with Crippen LogP contribution >= 0.6 is 0 Å². The van der Waals surface area contributed by atoms with Crippen molar-refractivity contribution in [2.45, 2.75) is 46.6 Å². The Labute approximate surface area is 95.6 Å². The summed E-state index contributed by atoms with van der Waals surface area (Å²) in [5.41, 5.74) is 0.435. The van der Waals surface area contributed by atoms with Gasteiger partial charge in [0.05, 0.1) is 5.92 Å². The molecular formula is C12H18O4. The zero-order valence-corrected chi connectivity index (χ0v) is 10.4. The van der Waals surface area contributed by atoms with E-state index in [1.807, 2.05) is 20.8 Å². The standard InChI is InChI=1S/C12H18O4/c1-7(2)11(15-8(3)13)10-6-12(10,5)16-9(4)14/h10H,6H2,1-5H3/t10-,12-/m0/s1. The molecule has 2 atom stereocenters. The first-order chi connectivity index (χ1) is 7.26. The topological polar surface area (TPSA) is 52.6 Å². The molecule has 0 saturated heterocycles. The average Bonchev–Trinajstić information content (AvgIpc) is 2.70. The number of esters is 2. The molecule has 0 aromatic rings. The Bertz CT molecular complexity index is 352. The molecule has 0 aromatic carbocycles. The Morgan fingerprint density at radius 3 is 2.06 bits per heavy atom. The maximum atomic E-state index is 11.0. The van der Waals surface area contributed by atoms with Crippen LogP contribution in [-0.4, -0.2) is 17.5 Å². The summed E-state index contributed by atoms with van der Waals surface area (Å²) in [6.07, 6.45) is 0.709. The molecule has 0 unspecified atom stereocenters. The van der Waals surface area contributed by atoms with Gasteiger partial charge in [0.1, 0.15) is 11.4 Å². The van der Waals surface area contributed by atoms with Gasteiger partial charge in [-0.15, -0.1) is 0 Å². The number of carbonyl (C=O) groups is 2. The van der Waals surface area contributed by atoms with E-state index >= 15 is 0 Å². The lowest BCUT2D eigenvalue weighted by Crippen LogP contribution is -2.18. The minimum atomic E-state index is -0.506. The van der Waals surface area contributed by atoms with Crippen LogP contribution in [0.15, 0.2) is 11.3 Å². The van der Waals surface area contributed by atoms with Gasteiger partial charge in [0.15, 0.2) is 0 Å². The predicted molar refractivity (Wildman–Crippen MR) is 58.4 cm³/mol. The molecule has 0 amide bonds. The van der Waals surface area contributed by atoms with E-state index in [1.165, 1.54) is 13.8 Å². The third-order valence-corrected chi connectivity index (χ3v) is 2.63. The number of rotatable bonds is 3. The van der Waals surface area contributed by atoms with E-state index in [4.69, 9.17) is 9.47 Å². The van der Waals surface area contributed by atoms with E-state index in [-0.39, 0.29) is 17.9 Å². The minimum Gasteiger partial charge on any atom is -0.459 e. The highest BCUT2D eigenvalue weighted by Crippen LogP contribution is 2.52. The van der Waals surface area contributed by atoms with Crippen LogP contribution in [0.3, 0.4) is 0 Å². The molecule has 0 spiro atoms. The minimum absolute atomic E-state index is 0.00491. The first-order valence-corrected chi connectivity index (χ1v) is 5.31. The van der Waals surface area contributed by atoms with Crippen LogP contribution < -0.4 is 0 Å². The van der Waals surface area contributed by atoms with Crippen LogP contribution in [-0.2, 0) is 19.1 Å². The first kappa shape index (κ1) is 12.7. The van der Waals surface area contributed by atoms with E-state index in [0.717, 1.165) is 5.57 Å². The van der Waals surface area contributed by atoms with E-state index in [2.05, 4.69) is 0 Å². The molecule has 4 heteroatoms. The zero-order valence-electron chi connectivity index (χ0n) is 10.4. The monoisotopic (exact) mass is 226 g/mol. The summed E-state index contributed by atoms with van der Waals surface area (Å²) in [7, 11) is 0. The molecule has 90 valence electrons. The lowest BCUT2D eigenvalue weighted by Gasteiger charge is -2.14. The van der Waals surface area contributed by atoms with Crippen molar-refractivity contribution >= 4 is 11.9 Å². The van der Waals surface area contributed by atoms with Crippen LogP contribution in [0.1, 0.15) is 41.0 Å². The van der Waals surface area contributed by atoms with Gasteiger partial charge < -0.3 is 9.47 Å². The summed E-state index contributed by atoms with van der Waals surface area (Å²) in [5, 5.41) is 0. The van der Waals surface area contributed by atoms with Crippen molar-refractivity contribution in [1.29, 1.82) is 0 Å². The van der Waals surface area contributed by atoms with Crippen LogP contribution in [0.5, 0.6) is 0 Å². The maximum Gasteiger partial charge on any atom is 0.307 e. The van der Waals surface area contributed by atoms with Gasteiger partial charge in [0, 0.05) is 20.3 Å². The molecule has 0 aromatic heterocycles. The van der Waals surface area contributed by atoms with Crippen molar-refractivity contribution in [3.63, 3.8) is 0 Å². The van der Waals surface area contributed by atoms with Crippen molar-refractivity contribution in [1.82, 2.24) is 0 Å². The van der Waals surface area contributed by atoms with Gasteiger partial charge in [-0.2, -0.15) is 0 Å². The van der Waals surface area contributed by atoms with E-state index in [0.29, 0.717) is 12.2 Å². The molecule has 4 nitrogen and oxygen atoms in total. The molecule has 0 aliphatic heterocycles. The Balaban J connectivity index is 2.76. The molecule has 0 heterocycles. The fourth-order valence-electron chi connectivity index (χ4n) is 1.83. The fourth-order valence-corrected chi connectivity index (χ4v) is 1.83. The van der Waals surface area contributed by atoms with Crippen molar-refractivity contribution in [3.8, 4) is 0 Å². The first-order valence-electron chi connectivity index (χ1n) is 5.31. The molecule has 0 N–H and O–H groups in total. The number of hydrogen-bond acceptors (Lipinski definition) is 4. The Morgan fingerprint density at radius 1 is 1.12 bits per heavy atom. The third kappa shape index (κ3) is 2.84. The highest BCUT2D eigenvalue weighted by Gasteiger charge is 2.57. The molecule has 1 aliphatic rings. The number of carbonyl (C=O) groups excluding carboxylic acids is 2. The summed E-state index contributed by atoms with van der Waals surface area (Å²) in [5.74, 6) is -0.00393. The molecule has 1 rings (SSSR count). The molecule has 1 saturated carbocycles. The normalized spacial score (nSPS) is 26.9. The number of hydrogen-bond donors (Lipinski definition) is 0. The molecule has 16 heavy (non-hydrogen) atoms. The van der Waals surface area contributed by atoms with Crippen LogP contribution in [0, 0.1) is 5.92 Å². The second-order valence-electron chi connectivity index (χ2n) is 4.62. The van der Waals surface area contributed by atoms with Crippen molar-refractivity contribution in [2.24, 2.45) is 5.92 Å². The third-order valence-electron chi connectivity index (χ3n) is 2.63. The van der Waals surface area contributed by atoms with Crippen LogP contribution in [0.25, 0.3) is 0 Å². The maximum absolute atomic E-state index is 11.0. The molecule has 0 radical (unpaired) electrons. The Morgan fingerprint density at radius 2 is 1.69 bits per heavy atom. The molecule has 0 bridgehead atoms. The lowest BCUT2D eigenvalue weighted by molar-refractivity contribution is -0.148. The molecular weight excluding hydrogens is 208 g/mol. The zero-order chi connectivity index (χ0) is 12.5. The smallest absolute Gasteiger partial charge is 0.307 e. The van der Waals surface area contributed by atoms with Gasteiger partial charge in [-0.25, -0.2) is 0 Å².